The monoisotopic (exact) mass is 477 g/mol. The van der Waals surface area contributed by atoms with E-state index in [0.29, 0.717) is 35.3 Å². The Labute approximate surface area is 207 Å². The summed E-state index contributed by atoms with van der Waals surface area (Å²) in [5.41, 5.74) is 8.18. The Bertz CT molecular complexity index is 1190. The van der Waals surface area contributed by atoms with Crippen LogP contribution in [-0.2, 0) is 10.2 Å². The second-order valence-electron chi connectivity index (χ2n) is 9.62. The molecule has 8 heteroatoms. The molecule has 3 aromatic rings. The van der Waals surface area contributed by atoms with Crippen molar-refractivity contribution < 1.29 is 14.3 Å². The zero-order chi connectivity index (χ0) is 25.2. The zero-order valence-electron chi connectivity index (χ0n) is 21.2. The predicted octanol–water partition coefficient (Wildman–Crippen LogP) is 3.88. The number of rotatable bonds is 7. The van der Waals surface area contributed by atoms with Gasteiger partial charge in [0, 0.05) is 49.5 Å². The standard InChI is InChI=1S/C27H35N5O3/c1-18(2)25(33)32-13-11-27(12-14-32,19-9-7-6-8-10-19)17-31(3)26-29-21-16-23(35-5)22(34-4)15-20(21)24(28)30-26/h6-10,15-16,18H,11-14,17H2,1-5H3,(H2,28,29,30). The number of carbonyl (C=O) groups is 1. The highest BCUT2D eigenvalue weighted by Gasteiger charge is 2.39. The topological polar surface area (TPSA) is 93.8 Å². The van der Waals surface area contributed by atoms with E-state index in [0.717, 1.165) is 31.3 Å². The summed E-state index contributed by atoms with van der Waals surface area (Å²) in [7, 11) is 5.19. The Morgan fingerprint density at radius 2 is 1.71 bits per heavy atom. The maximum atomic E-state index is 12.6. The molecule has 0 atom stereocenters. The highest BCUT2D eigenvalue weighted by Crippen LogP contribution is 2.38. The van der Waals surface area contributed by atoms with Crippen LogP contribution in [0.15, 0.2) is 42.5 Å². The molecule has 1 aromatic heterocycles. The molecular formula is C27H35N5O3. The molecule has 2 aromatic carbocycles. The maximum absolute atomic E-state index is 12.6. The van der Waals surface area contributed by atoms with Crippen LogP contribution in [0, 0.1) is 5.92 Å². The van der Waals surface area contributed by atoms with Gasteiger partial charge >= 0.3 is 0 Å². The van der Waals surface area contributed by atoms with Crippen LogP contribution in [0.1, 0.15) is 32.3 Å². The third-order valence-corrected chi connectivity index (χ3v) is 7.01. The van der Waals surface area contributed by atoms with Gasteiger partial charge < -0.3 is 25.0 Å². The van der Waals surface area contributed by atoms with Gasteiger partial charge in [-0.2, -0.15) is 4.98 Å². The highest BCUT2D eigenvalue weighted by molar-refractivity contribution is 5.91. The number of aromatic nitrogens is 2. The molecule has 8 nitrogen and oxygen atoms in total. The van der Waals surface area contributed by atoms with Crippen LogP contribution < -0.4 is 20.1 Å². The van der Waals surface area contributed by atoms with Crippen molar-refractivity contribution >= 4 is 28.6 Å². The largest absolute Gasteiger partial charge is 0.493 e. The van der Waals surface area contributed by atoms with E-state index in [9.17, 15) is 4.79 Å². The minimum atomic E-state index is -0.131. The zero-order valence-corrected chi connectivity index (χ0v) is 21.2. The van der Waals surface area contributed by atoms with Crippen molar-refractivity contribution in [1.29, 1.82) is 0 Å². The number of benzene rings is 2. The molecule has 4 rings (SSSR count). The number of fused-ring (bicyclic) bond motifs is 1. The molecular weight excluding hydrogens is 442 g/mol. The van der Waals surface area contributed by atoms with E-state index < -0.39 is 0 Å². The lowest BCUT2D eigenvalue weighted by molar-refractivity contribution is -0.136. The summed E-state index contributed by atoms with van der Waals surface area (Å²) < 4.78 is 10.9. The summed E-state index contributed by atoms with van der Waals surface area (Å²) in [5, 5.41) is 0.720. The molecule has 186 valence electrons. The lowest BCUT2D eigenvalue weighted by Crippen LogP contribution is -2.50. The molecule has 0 radical (unpaired) electrons. The van der Waals surface area contributed by atoms with Crippen molar-refractivity contribution in [2.45, 2.75) is 32.1 Å². The van der Waals surface area contributed by atoms with Crippen molar-refractivity contribution in [3.05, 3.63) is 48.0 Å². The number of carbonyl (C=O) groups excluding carboxylic acids is 1. The van der Waals surface area contributed by atoms with E-state index in [4.69, 9.17) is 20.2 Å². The van der Waals surface area contributed by atoms with Gasteiger partial charge in [-0.1, -0.05) is 44.2 Å². The van der Waals surface area contributed by atoms with Crippen LogP contribution >= 0.6 is 0 Å². The lowest BCUT2D eigenvalue weighted by Gasteiger charge is -2.44. The summed E-state index contributed by atoms with van der Waals surface area (Å²) in [5.74, 6) is 2.35. The van der Waals surface area contributed by atoms with Crippen LogP contribution in [0.5, 0.6) is 11.5 Å². The number of amides is 1. The van der Waals surface area contributed by atoms with Gasteiger partial charge in [-0.15, -0.1) is 0 Å². The molecule has 0 bridgehead atoms. The molecule has 2 N–H and O–H groups in total. The summed E-state index contributed by atoms with van der Waals surface area (Å²) >= 11 is 0. The maximum Gasteiger partial charge on any atom is 0.227 e. The summed E-state index contributed by atoms with van der Waals surface area (Å²) in [4.78, 5) is 26.1. The number of methoxy groups -OCH3 is 2. The first-order chi connectivity index (χ1) is 16.8. The molecule has 1 saturated heterocycles. The van der Waals surface area contributed by atoms with E-state index in [1.54, 1.807) is 20.3 Å². The molecule has 1 aliphatic rings. The van der Waals surface area contributed by atoms with Crippen LogP contribution in [-0.4, -0.2) is 61.7 Å². The SMILES string of the molecule is COc1cc2nc(N(C)CC3(c4ccccc4)CCN(C(=O)C(C)C)CC3)nc(N)c2cc1OC. The predicted molar refractivity (Wildman–Crippen MR) is 139 cm³/mol. The number of nitrogens with two attached hydrogens (primary N) is 1. The molecule has 0 spiro atoms. The third-order valence-electron chi connectivity index (χ3n) is 7.01. The number of likely N-dealkylation sites (N-methyl/N-ethyl adjacent to an activating group) is 1. The third kappa shape index (κ3) is 4.83. The fourth-order valence-corrected chi connectivity index (χ4v) is 5.01. The molecule has 0 unspecified atom stereocenters. The number of ether oxygens (including phenoxy) is 2. The first-order valence-corrected chi connectivity index (χ1v) is 12.0. The van der Waals surface area contributed by atoms with E-state index in [1.807, 2.05) is 37.9 Å². The second-order valence-corrected chi connectivity index (χ2v) is 9.62. The Morgan fingerprint density at radius 3 is 2.31 bits per heavy atom. The molecule has 0 aliphatic carbocycles. The molecule has 1 amide bonds. The minimum Gasteiger partial charge on any atom is -0.493 e. The number of nitrogen functional groups attached to an aromatic ring is 1. The van der Waals surface area contributed by atoms with Crippen LogP contribution in [0.25, 0.3) is 10.9 Å². The average molecular weight is 478 g/mol. The Hall–Kier alpha value is -3.55. The number of anilines is 2. The van der Waals surface area contributed by atoms with Crippen molar-refractivity contribution in [3.63, 3.8) is 0 Å². The molecule has 0 saturated carbocycles. The Morgan fingerprint density at radius 1 is 1.09 bits per heavy atom. The van der Waals surface area contributed by atoms with Crippen LogP contribution in [0.3, 0.4) is 0 Å². The van der Waals surface area contributed by atoms with Crippen molar-refractivity contribution in [2.75, 3.05) is 51.5 Å². The summed E-state index contributed by atoms with van der Waals surface area (Å²) in [6, 6.07) is 14.2. The quantitative estimate of drug-likeness (QED) is 0.552. The Balaban J connectivity index is 1.66. The molecule has 1 aliphatic heterocycles. The minimum absolute atomic E-state index is 0.00601. The number of likely N-dealkylation sites (tertiary alicyclic amines) is 1. The van der Waals surface area contributed by atoms with Crippen LogP contribution in [0.4, 0.5) is 11.8 Å². The fourth-order valence-electron chi connectivity index (χ4n) is 5.01. The summed E-state index contributed by atoms with van der Waals surface area (Å²) in [6.45, 7) is 6.09. The van der Waals surface area contributed by atoms with Gasteiger partial charge in [0.1, 0.15) is 5.82 Å². The highest BCUT2D eigenvalue weighted by atomic mass is 16.5. The molecule has 2 heterocycles. The number of piperidine rings is 1. The molecule has 35 heavy (non-hydrogen) atoms. The first kappa shape index (κ1) is 24.6. The van der Waals surface area contributed by atoms with E-state index >= 15 is 0 Å². The van der Waals surface area contributed by atoms with Crippen molar-refractivity contribution in [2.24, 2.45) is 5.92 Å². The van der Waals surface area contributed by atoms with Gasteiger partial charge in [0.2, 0.25) is 11.9 Å². The van der Waals surface area contributed by atoms with Crippen LogP contribution in [0.2, 0.25) is 0 Å². The molecule has 1 fully saturated rings. The van der Waals surface area contributed by atoms with Gasteiger partial charge in [-0.3, -0.25) is 4.79 Å². The smallest absolute Gasteiger partial charge is 0.227 e. The van der Waals surface area contributed by atoms with E-state index in [2.05, 4.69) is 34.1 Å². The van der Waals surface area contributed by atoms with Crippen molar-refractivity contribution in [3.8, 4) is 11.5 Å². The number of hydrogen-bond donors (Lipinski definition) is 1. The van der Waals surface area contributed by atoms with Gasteiger partial charge in [0.05, 0.1) is 19.7 Å². The number of hydrogen-bond acceptors (Lipinski definition) is 7. The normalized spacial score (nSPS) is 15.3. The van der Waals surface area contributed by atoms with Crippen molar-refractivity contribution in [1.82, 2.24) is 14.9 Å². The fraction of sp³-hybridized carbons (Fsp3) is 0.444. The van der Waals surface area contributed by atoms with Gasteiger partial charge in [-0.05, 0) is 24.5 Å². The van der Waals surface area contributed by atoms with Gasteiger partial charge in [-0.25, -0.2) is 4.98 Å². The lowest BCUT2D eigenvalue weighted by atomic mass is 9.72. The van der Waals surface area contributed by atoms with Gasteiger partial charge in [0.25, 0.3) is 0 Å². The van der Waals surface area contributed by atoms with E-state index in [1.165, 1.54) is 5.56 Å². The Kier molecular flexibility index (Phi) is 7.00. The second kappa shape index (κ2) is 9.98. The average Bonchev–Trinajstić information content (AvgIpc) is 2.88. The summed E-state index contributed by atoms with van der Waals surface area (Å²) in [6.07, 6.45) is 1.74. The van der Waals surface area contributed by atoms with Gasteiger partial charge in [0.15, 0.2) is 11.5 Å². The first-order valence-electron chi connectivity index (χ1n) is 12.0. The number of nitrogens with zero attached hydrogens (tertiary/aromatic N) is 4. The van der Waals surface area contributed by atoms with E-state index in [-0.39, 0.29) is 17.2 Å².